The van der Waals surface area contributed by atoms with Gasteiger partial charge in [0.05, 0.1) is 24.0 Å². The van der Waals surface area contributed by atoms with E-state index in [0.29, 0.717) is 19.7 Å². The SMILES string of the molecule is CCNC(=NCCNc1ccc([N+](=O)[O-])cc1)N1CCC(C(=O)OCC)CC1. The Morgan fingerprint density at radius 2 is 1.96 bits per heavy atom. The van der Waals surface area contributed by atoms with Crippen LogP contribution in [0.25, 0.3) is 0 Å². The van der Waals surface area contributed by atoms with Gasteiger partial charge in [0, 0.05) is 44.0 Å². The van der Waals surface area contributed by atoms with Gasteiger partial charge < -0.3 is 20.3 Å². The number of benzene rings is 1. The molecule has 9 heteroatoms. The molecule has 0 radical (unpaired) electrons. The third kappa shape index (κ3) is 6.40. The second kappa shape index (κ2) is 11.1. The highest BCUT2D eigenvalue weighted by atomic mass is 16.6. The Morgan fingerprint density at radius 3 is 2.54 bits per heavy atom. The maximum absolute atomic E-state index is 11.9. The van der Waals surface area contributed by atoms with Crippen LogP contribution in [0.4, 0.5) is 11.4 Å². The van der Waals surface area contributed by atoms with Gasteiger partial charge >= 0.3 is 5.97 Å². The molecule has 1 heterocycles. The molecule has 1 aliphatic rings. The summed E-state index contributed by atoms with van der Waals surface area (Å²) in [6, 6.07) is 6.33. The van der Waals surface area contributed by atoms with E-state index in [0.717, 1.165) is 44.1 Å². The summed E-state index contributed by atoms with van der Waals surface area (Å²) in [5.74, 6) is 0.717. The first-order valence-corrected chi connectivity index (χ1v) is 9.73. The monoisotopic (exact) mass is 391 g/mol. The predicted molar refractivity (Wildman–Crippen MR) is 108 cm³/mol. The lowest BCUT2D eigenvalue weighted by Gasteiger charge is -2.33. The van der Waals surface area contributed by atoms with Crippen LogP contribution in [-0.4, -0.2) is 61.1 Å². The van der Waals surface area contributed by atoms with Crippen molar-refractivity contribution in [2.75, 3.05) is 44.6 Å². The first kappa shape index (κ1) is 21.5. The van der Waals surface area contributed by atoms with E-state index in [-0.39, 0.29) is 17.6 Å². The molecule has 0 spiro atoms. The van der Waals surface area contributed by atoms with Crippen molar-refractivity contribution in [1.82, 2.24) is 10.2 Å². The molecular formula is C19H29N5O4. The van der Waals surface area contributed by atoms with Crippen LogP contribution in [0, 0.1) is 16.0 Å². The average molecular weight is 391 g/mol. The highest BCUT2D eigenvalue weighted by Gasteiger charge is 2.27. The number of nitrogens with one attached hydrogen (secondary N) is 2. The topological polar surface area (TPSA) is 109 Å². The number of esters is 1. The van der Waals surface area contributed by atoms with Crippen molar-refractivity contribution in [3.63, 3.8) is 0 Å². The summed E-state index contributed by atoms with van der Waals surface area (Å²) in [4.78, 5) is 29.0. The maximum atomic E-state index is 11.9. The van der Waals surface area contributed by atoms with E-state index in [1.807, 2.05) is 13.8 Å². The standard InChI is InChI=1S/C19H29N5O4/c1-3-20-19(23-13-9-15(10-14-23)18(25)28-4-2)22-12-11-21-16-5-7-17(8-6-16)24(26)27/h5-8,15,21H,3-4,9-14H2,1-2H3,(H,20,22). The zero-order chi connectivity index (χ0) is 20.4. The van der Waals surface area contributed by atoms with Gasteiger partial charge in [-0.15, -0.1) is 0 Å². The lowest BCUT2D eigenvalue weighted by molar-refractivity contribution is -0.384. The fourth-order valence-corrected chi connectivity index (χ4v) is 3.08. The number of hydrogen-bond donors (Lipinski definition) is 2. The second-order valence-electron chi connectivity index (χ2n) is 6.48. The molecule has 0 aliphatic carbocycles. The highest BCUT2D eigenvalue weighted by Crippen LogP contribution is 2.19. The number of carbonyl (C=O) groups excluding carboxylic acids is 1. The molecule has 0 amide bonds. The van der Waals surface area contributed by atoms with Gasteiger partial charge in [0.2, 0.25) is 0 Å². The van der Waals surface area contributed by atoms with Crippen molar-refractivity contribution >= 4 is 23.3 Å². The summed E-state index contributed by atoms with van der Waals surface area (Å²) in [5, 5.41) is 17.2. The van der Waals surface area contributed by atoms with E-state index in [2.05, 4.69) is 20.5 Å². The normalized spacial score (nSPS) is 15.2. The first-order chi connectivity index (χ1) is 13.5. The predicted octanol–water partition coefficient (Wildman–Crippen LogP) is 2.25. The van der Waals surface area contributed by atoms with Gasteiger partial charge in [-0.25, -0.2) is 0 Å². The molecule has 0 aromatic heterocycles. The third-order valence-electron chi connectivity index (χ3n) is 4.53. The smallest absolute Gasteiger partial charge is 0.309 e. The number of anilines is 1. The van der Waals surface area contributed by atoms with Crippen LogP contribution >= 0.6 is 0 Å². The van der Waals surface area contributed by atoms with Crippen LogP contribution in [0.15, 0.2) is 29.3 Å². The summed E-state index contributed by atoms with van der Waals surface area (Å²) in [7, 11) is 0. The van der Waals surface area contributed by atoms with Crippen LogP contribution in [-0.2, 0) is 9.53 Å². The zero-order valence-corrected chi connectivity index (χ0v) is 16.5. The average Bonchev–Trinajstić information content (AvgIpc) is 2.71. The molecule has 1 saturated heterocycles. The number of guanidine groups is 1. The third-order valence-corrected chi connectivity index (χ3v) is 4.53. The van der Waals surface area contributed by atoms with Crippen molar-refractivity contribution in [2.45, 2.75) is 26.7 Å². The van der Waals surface area contributed by atoms with Crippen molar-refractivity contribution in [3.05, 3.63) is 34.4 Å². The number of hydrogen-bond acceptors (Lipinski definition) is 6. The fourth-order valence-electron chi connectivity index (χ4n) is 3.08. The van der Waals surface area contributed by atoms with Gasteiger partial charge in [-0.3, -0.25) is 19.9 Å². The van der Waals surface area contributed by atoms with E-state index < -0.39 is 4.92 Å². The summed E-state index contributed by atoms with van der Waals surface area (Å²) in [5.41, 5.74) is 0.894. The number of nitro groups is 1. The highest BCUT2D eigenvalue weighted by molar-refractivity contribution is 5.80. The minimum absolute atomic E-state index is 0.0251. The van der Waals surface area contributed by atoms with E-state index in [1.54, 1.807) is 12.1 Å². The molecule has 9 nitrogen and oxygen atoms in total. The van der Waals surface area contributed by atoms with Gasteiger partial charge in [-0.1, -0.05) is 0 Å². The van der Waals surface area contributed by atoms with Crippen LogP contribution in [0.2, 0.25) is 0 Å². The zero-order valence-electron chi connectivity index (χ0n) is 16.5. The Balaban J connectivity index is 1.82. The van der Waals surface area contributed by atoms with Crippen molar-refractivity contribution in [3.8, 4) is 0 Å². The van der Waals surface area contributed by atoms with Gasteiger partial charge in [0.1, 0.15) is 0 Å². The molecule has 1 fully saturated rings. The largest absolute Gasteiger partial charge is 0.466 e. The van der Waals surface area contributed by atoms with Crippen LogP contribution in [0.1, 0.15) is 26.7 Å². The lowest BCUT2D eigenvalue weighted by atomic mass is 9.97. The van der Waals surface area contributed by atoms with Crippen LogP contribution in [0.5, 0.6) is 0 Å². The Morgan fingerprint density at radius 1 is 1.29 bits per heavy atom. The number of ether oxygens (including phenoxy) is 1. The quantitative estimate of drug-likeness (QED) is 0.175. The number of nitrogens with zero attached hydrogens (tertiary/aromatic N) is 3. The number of aliphatic imine (C=N–C) groups is 1. The van der Waals surface area contributed by atoms with Crippen molar-refractivity contribution in [1.29, 1.82) is 0 Å². The van der Waals surface area contributed by atoms with E-state index >= 15 is 0 Å². The summed E-state index contributed by atoms with van der Waals surface area (Å²) in [6.07, 6.45) is 1.54. The number of piperidine rings is 1. The molecule has 0 saturated carbocycles. The van der Waals surface area contributed by atoms with Gasteiger partial charge in [0.25, 0.3) is 5.69 Å². The Hall–Kier alpha value is -2.84. The fraction of sp³-hybridized carbons (Fsp3) is 0.579. The molecule has 1 aromatic carbocycles. The minimum atomic E-state index is -0.415. The molecule has 154 valence electrons. The Labute approximate surface area is 165 Å². The number of rotatable bonds is 8. The molecule has 2 N–H and O–H groups in total. The Kier molecular flexibility index (Phi) is 8.51. The van der Waals surface area contributed by atoms with Crippen LogP contribution in [0.3, 0.4) is 0 Å². The number of carbonyl (C=O) groups is 1. The molecular weight excluding hydrogens is 362 g/mol. The number of nitro benzene ring substituents is 1. The summed E-state index contributed by atoms with van der Waals surface area (Å²) < 4.78 is 5.12. The lowest BCUT2D eigenvalue weighted by Crippen LogP contribution is -2.47. The molecule has 0 atom stereocenters. The molecule has 28 heavy (non-hydrogen) atoms. The first-order valence-electron chi connectivity index (χ1n) is 9.73. The van der Waals surface area contributed by atoms with Gasteiger partial charge in [-0.2, -0.15) is 0 Å². The van der Waals surface area contributed by atoms with Crippen LogP contribution < -0.4 is 10.6 Å². The molecule has 2 rings (SSSR count). The maximum Gasteiger partial charge on any atom is 0.309 e. The molecule has 1 aromatic rings. The Bertz CT molecular complexity index is 669. The van der Waals surface area contributed by atoms with E-state index in [1.165, 1.54) is 12.1 Å². The summed E-state index contributed by atoms with van der Waals surface area (Å²) >= 11 is 0. The van der Waals surface area contributed by atoms with E-state index in [4.69, 9.17) is 4.74 Å². The summed E-state index contributed by atoms with van der Waals surface area (Å²) in [6.45, 7) is 7.76. The van der Waals surface area contributed by atoms with Gasteiger partial charge in [-0.05, 0) is 38.8 Å². The minimum Gasteiger partial charge on any atom is -0.466 e. The number of non-ortho nitro benzene ring substituents is 1. The number of likely N-dealkylation sites (tertiary alicyclic amines) is 1. The van der Waals surface area contributed by atoms with E-state index in [9.17, 15) is 14.9 Å². The molecule has 0 unspecified atom stereocenters. The molecule has 1 aliphatic heterocycles. The van der Waals surface area contributed by atoms with Crippen molar-refractivity contribution in [2.24, 2.45) is 10.9 Å². The molecule has 0 bridgehead atoms. The van der Waals surface area contributed by atoms with Gasteiger partial charge in [0.15, 0.2) is 5.96 Å². The second-order valence-corrected chi connectivity index (χ2v) is 6.48. The van der Waals surface area contributed by atoms with Crippen molar-refractivity contribution < 1.29 is 14.5 Å².